The van der Waals surface area contributed by atoms with Crippen LogP contribution in [-0.4, -0.2) is 34.2 Å². The minimum absolute atomic E-state index is 0.0954. The van der Waals surface area contributed by atoms with Gasteiger partial charge in [-0.3, -0.25) is 0 Å². The van der Waals surface area contributed by atoms with Crippen LogP contribution in [0.15, 0.2) is 29.2 Å². The molecule has 0 atom stereocenters. The van der Waals surface area contributed by atoms with Crippen molar-refractivity contribution in [3.05, 3.63) is 24.3 Å². The first-order valence-corrected chi connectivity index (χ1v) is 8.40. The van der Waals surface area contributed by atoms with Gasteiger partial charge in [-0.1, -0.05) is 19.1 Å². The highest BCUT2D eigenvalue weighted by Crippen LogP contribution is 2.20. The van der Waals surface area contributed by atoms with Crippen LogP contribution < -0.4 is 10.0 Å². The van der Waals surface area contributed by atoms with E-state index in [9.17, 15) is 8.42 Å². The maximum atomic E-state index is 12.3. The molecule has 2 N–H and O–H groups in total. The molecule has 5 nitrogen and oxygen atoms in total. The van der Waals surface area contributed by atoms with Crippen LogP contribution in [-0.2, 0) is 14.8 Å². The van der Waals surface area contributed by atoms with E-state index < -0.39 is 10.0 Å². The Labute approximate surface area is 121 Å². The monoisotopic (exact) mass is 300 g/mol. The number of ether oxygens (including phenoxy) is 1. The van der Waals surface area contributed by atoms with Gasteiger partial charge in [-0.15, -0.1) is 0 Å². The van der Waals surface area contributed by atoms with E-state index in [0.717, 1.165) is 13.0 Å². The van der Waals surface area contributed by atoms with Crippen molar-refractivity contribution in [2.24, 2.45) is 0 Å². The quantitative estimate of drug-likeness (QED) is 0.686. The summed E-state index contributed by atoms with van der Waals surface area (Å²) in [5.74, 6) is 0. The molecule has 0 fully saturated rings. The smallest absolute Gasteiger partial charge is 0.242 e. The normalized spacial score (nSPS) is 11.8. The molecule has 0 aliphatic heterocycles. The molecule has 0 aliphatic rings. The van der Waals surface area contributed by atoms with Gasteiger partial charge in [0.15, 0.2) is 0 Å². The first-order valence-electron chi connectivity index (χ1n) is 6.91. The molecule has 20 heavy (non-hydrogen) atoms. The van der Waals surface area contributed by atoms with E-state index in [1.165, 1.54) is 0 Å². The zero-order chi connectivity index (χ0) is 15.0. The van der Waals surface area contributed by atoms with E-state index in [0.29, 0.717) is 12.3 Å². The third kappa shape index (κ3) is 5.48. The number of sulfonamides is 1. The van der Waals surface area contributed by atoms with Crippen molar-refractivity contribution >= 4 is 15.7 Å². The molecule has 0 bridgehead atoms. The lowest BCUT2D eigenvalue weighted by Crippen LogP contribution is -2.29. The summed E-state index contributed by atoms with van der Waals surface area (Å²) in [6, 6.07) is 6.91. The lowest BCUT2D eigenvalue weighted by molar-refractivity contribution is 0.0834. The molecule has 0 spiro atoms. The van der Waals surface area contributed by atoms with Gasteiger partial charge in [-0.25, -0.2) is 13.1 Å². The van der Waals surface area contributed by atoms with Gasteiger partial charge in [-0.05, 0) is 32.4 Å². The number of nitrogens with one attached hydrogen (secondary N) is 2. The third-order valence-electron chi connectivity index (χ3n) is 2.59. The van der Waals surface area contributed by atoms with Crippen molar-refractivity contribution in [2.45, 2.75) is 38.2 Å². The summed E-state index contributed by atoms with van der Waals surface area (Å²) in [7, 11) is -3.51. The topological polar surface area (TPSA) is 67.4 Å². The second-order valence-corrected chi connectivity index (χ2v) is 6.48. The highest BCUT2D eigenvalue weighted by atomic mass is 32.2. The van der Waals surface area contributed by atoms with Crippen LogP contribution in [0.1, 0.15) is 27.2 Å². The first-order chi connectivity index (χ1) is 9.47. The van der Waals surface area contributed by atoms with Gasteiger partial charge < -0.3 is 10.1 Å². The number of benzene rings is 1. The molecule has 6 heteroatoms. The Kier molecular flexibility index (Phi) is 6.98. The average Bonchev–Trinajstić information content (AvgIpc) is 2.41. The van der Waals surface area contributed by atoms with Gasteiger partial charge in [0.25, 0.3) is 0 Å². The SMILES string of the molecule is CCCNc1ccccc1S(=O)(=O)NCCOC(C)C. The van der Waals surface area contributed by atoms with E-state index >= 15 is 0 Å². The lowest BCUT2D eigenvalue weighted by Gasteiger charge is -2.13. The zero-order valence-electron chi connectivity index (χ0n) is 12.3. The molecule has 0 aromatic heterocycles. The van der Waals surface area contributed by atoms with Gasteiger partial charge in [0.1, 0.15) is 4.90 Å². The Bertz CT molecular complexity index is 501. The van der Waals surface area contributed by atoms with E-state index in [2.05, 4.69) is 10.0 Å². The van der Waals surface area contributed by atoms with Crippen molar-refractivity contribution in [2.75, 3.05) is 25.0 Å². The van der Waals surface area contributed by atoms with Gasteiger partial charge in [0.05, 0.1) is 18.4 Å². The number of hydrogen-bond acceptors (Lipinski definition) is 4. The van der Waals surface area contributed by atoms with E-state index in [1.54, 1.807) is 18.2 Å². The molecule has 0 amide bonds. The maximum absolute atomic E-state index is 12.3. The van der Waals surface area contributed by atoms with Crippen molar-refractivity contribution in [1.29, 1.82) is 0 Å². The number of anilines is 1. The summed E-state index contributed by atoms with van der Waals surface area (Å²) in [6.45, 7) is 7.23. The summed E-state index contributed by atoms with van der Waals surface area (Å²) in [5.41, 5.74) is 0.631. The van der Waals surface area contributed by atoms with E-state index in [-0.39, 0.29) is 17.5 Å². The standard InChI is InChI=1S/C14H24N2O3S/c1-4-9-15-13-7-5-6-8-14(13)20(17,18)16-10-11-19-12(2)3/h5-8,12,15-16H,4,9-11H2,1-3H3. The highest BCUT2D eigenvalue weighted by Gasteiger charge is 2.17. The fourth-order valence-electron chi connectivity index (χ4n) is 1.66. The molecule has 1 aromatic rings. The van der Waals surface area contributed by atoms with Crippen molar-refractivity contribution in [3.63, 3.8) is 0 Å². The molecule has 1 rings (SSSR count). The minimum atomic E-state index is -3.51. The number of hydrogen-bond donors (Lipinski definition) is 2. The third-order valence-corrected chi connectivity index (χ3v) is 4.11. The van der Waals surface area contributed by atoms with Crippen LogP contribution in [0.2, 0.25) is 0 Å². The molecule has 0 radical (unpaired) electrons. The van der Waals surface area contributed by atoms with Gasteiger partial charge in [0, 0.05) is 13.1 Å². The molecular weight excluding hydrogens is 276 g/mol. The molecule has 114 valence electrons. The van der Waals surface area contributed by atoms with Gasteiger partial charge in [0.2, 0.25) is 10.0 Å². The molecule has 0 saturated heterocycles. The Morgan fingerprint density at radius 2 is 1.90 bits per heavy atom. The molecule has 0 aliphatic carbocycles. The average molecular weight is 300 g/mol. The molecule has 0 unspecified atom stereocenters. The predicted octanol–water partition coefficient (Wildman–Crippen LogP) is 2.21. The minimum Gasteiger partial charge on any atom is -0.384 e. The van der Waals surface area contributed by atoms with Crippen LogP contribution in [0.5, 0.6) is 0 Å². The van der Waals surface area contributed by atoms with Crippen LogP contribution in [0.4, 0.5) is 5.69 Å². The highest BCUT2D eigenvalue weighted by molar-refractivity contribution is 7.89. The Morgan fingerprint density at radius 1 is 1.20 bits per heavy atom. The zero-order valence-corrected chi connectivity index (χ0v) is 13.2. The summed E-state index contributed by atoms with van der Waals surface area (Å²) in [6.07, 6.45) is 1.03. The fourth-order valence-corrected chi connectivity index (χ4v) is 2.85. The fraction of sp³-hybridized carbons (Fsp3) is 0.571. The lowest BCUT2D eigenvalue weighted by atomic mass is 10.3. The van der Waals surface area contributed by atoms with Gasteiger partial charge >= 0.3 is 0 Å². The van der Waals surface area contributed by atoms with Crippen molar-refractivity contribution < 1.29 is 13.2 Å². The molecule has 1 aromatic carbocycles. The summed E-state index contributed by atoms with van der Waals surface area (Å²) < 4.78 is 32.4. The van der Waals surface area contributed by atoms with E-state index in [1.807, 2.05) is 26.8 Å². The van der Waals surface area contributed by atoms with Crippen LogP contribution in [0.25, 0.3) is 0 Å². The van der Waals surface area contributed by atoms with E-state index in [4.69, 9.17) is 4.74 Å². The summed E-state index contributed by atoms with van der Waals surface area (Å²) in [5, 5.41) is 3.13. The first kappa shape index (κ1) is 16.9. The molecule has 0 heterocycles. The molecule has 0 saturated carbocycles. The second kappa shape index (κ2) is 8.24. The molecular formula is C14H24N2O3S. The summed E-state index contributed by atoms with van der Waals surface area (Å²) >= 11 is 0. The predicted molar refractivity (Wildman–Crippen MR) is 81.5 cm³/mol. The number of rotatable bonds is 9. The van der Waals surface area contributed by atoms with Crippen LogP contribution >= 0.6 is 0 Å². The Hall–Kier alpha value is -1.11. The van der Waals surface area contributed by atoms with Crippen molar-refractivity contribution in [3.8, 4) is 0 Å². The second-order valence-electron chi connectivity index (χ2n) is 4.74. The van der Waals surface area contributed by atoms with Gasteiger partial charge in [-0.2, -0.15) is 0 Å². The van der Waals surface area contributed by atoms with Crippen LogP contribution in [0, 0.1) is 0 Å². The largest absolute Gasteiger partial charge is 0.384 e. The summed E-state index contributed by atoms with van der Waals surface area (Å²) in [4.78, 5) is 0.276. The number of para-hydroxylation sites is 1. The Morgan fingerprint density at radius 3 is 2.55 bits per heavy atom. The van der Waals surface area contributed by atoms with Crippen molar-refractivity contribution in [1.82, 2.24) is 4.72 Å². The van der Waals surface area contributed by atoms with Crippen LogP contribution in [0.3, 0.4) is 0 Å². The Balaban J connectivity index is 2.71. The maximum Gasteiger partial charge on any atom is 0.242 e.